The Bertz CT molecular complexity index is 916. The molecule has 0 saturated carbocycles. The van der Waals surface area contributed by atoms with Crippen molar-refractivity contribution in [3.05, 3.63) is 53.1 Å². The van der Waals surface area contributed by atoms with Gasteiger partial charge in [-0.05, 0) is 49.7 Å². The summed E-state index contributed by atoms with van der Waals surface area (Å²) in [4.78, 5) is 12.3. The molecule has 0 aliphatic carbocycles. The van der Waals surface area contributed by atoms with E-state index in [4.69, 9.17) is 16.3 Å². The normalized spacial score (nSPS) is 11.4. The third-order valence-corrected chi connectivity index (χ3v) is 6.03. The molecule has 8 heteroatoms. The van der Waals surface area contributed by atoms with E-state index in [0.29, 0.717) is 18.0 Å². The van der Waals surface area contributed by atoms with Crippen molar-refractivity contribution >= 4 is 33.2 Å². The number of ether oxygens (including phenoxy) is 1. The summed E-state index contributed by atoms with van der Waals surface area (Å²) in [6.45, 7) is 5.67. The smallest absolute Gasteiger partial charge is 0.243 e. The molecule has 1 amide bonds. The van der Waals surface area contributed by atoms with E-state index in [1.165, 1.54) is 18.2 Å². The number of anilines is 1. The van der Waals surface area contributed by atoms with E-state index in [0.717, 1.165) is 9.87 Å². The number of likely N-dealkylation sites (N-methyl/N-ethyl adjacent to an activating group) is 1. The largest absolute Gasteiger partial charge is 0.492 e. The first-order chi connectivity index (χ1) is 12.8. The Morgan fingerprint density at radius 2 is 1.93 bits per heavy atom. The van der Waals surface area contributed by atoms with Crippen LogP contribution in [-0.4, -0.2) is 38.3 Å². The Morgan fingerprint density at radius 1 is 1.19 bits per heavy atom. The Hall–Kier alpha value is -2.09. The summed E-state index contributed by atoms with van der Waals surface area (Å²) >= 11 is 6.10. The molecule has 0 saturated heterocycles. The van der Waals surface area contributed by atoms with Gasteiger partial charge >= 0.3 is 0 Å². The Labute approximate surface area is 165 Å². The summed E-state index contributed by atoms with van der Waals surface area (Å²) < 4.78 is 32.2. The lowest BCUT2D eigenvalue weighted by Gasteiger charge is -2.20. The number of nitrogens with zero attached hydrogens (tertiary/aromatic N) is 1. The Balaban J connectivity index is 2.17. The highest BCUT2D eigenvalue weighted by molar-refractivity contribution is 7.89. The first-order valence-corrected chi connectivity index (χ1v) is 10.4. The van der Waals surface area contributed by atoms with Crippen molar-refractivity contribution in [2.24, 2.45) is 0 Å². The number of benzene rings is 2. The minimum absolute atomic E-state index is 0.0150. The number of carbonyl (C=O) groups excluding carboxylic acids is 1. The van der Waals surface area contributed by atoms with Crippen LogP contribution in [0.2, 0.25) is 5.02 Å². The third-order valence-electron chi connectivity index (χ3n) is 3.82. The van der Waals surface area contributed by atoms with Gasteiger partial charge in [0.15, 0.2) is 0 Å². The molecular formula is C19H23ClN2O4S. The minimum Gasteiger partial charge on any atom is -0.492 e. The van der Waals surface area contributed by atoms with Gasteiger partial charge in [-0.25, -0.2) is 8.42 Å². The standard InChI is InChI=1S/C19H23ClN2O4S/c1-4-22(13-19(23)21-15-8-6-7-14(3)11-15)27(24,25)16-9-10-18(26-5-2)17(20)12-16/h6-12H,4-5,13H2,1-3H3,(H,21,23). The number of aryl methyl sites for hydroxylation is 1. The second kappa shape index (κ2) is 9.21. The fourth-order valence-electron chi connectivity index (χ4n) is 2.51. The SMILES string of the molecule is CCOc1ccc(S(=O)(=O)N(CC)CC(=O)Nc2cccc(C)c2)cc1Cl. The van der Waals surface area contributed by atoms with Crippen LogP contribution in [-0.2, 0) is 14.8 Å². The molecule has 1 N–H and O–H groups in total. The molecule has 27 heavy (non-hydrogen) atoms. The number of halogens is 1. The van der Waals surface area contributed by atoms with Gasteiger partial charge in [-0.15, -0.1) is 0 Å². The predicted octanol–water partition coefficient (Wildman–Crippen LogP) is 3.70. The molecule has 146 valence electrons. The summed E-state index contributed by atoms with van der Waals surface area (Å²) in [5.74, 6) is 0.00131. The molecule has 2 aromatic carbocycles. The number of sulfonamides is 1. The number of nitrogens with one attached hydrogen (secondary N) is 1. The molecule has 0 fully saturated rings. The lowest BCUT2D eigenvalue weighted by atomic mass is 10.2. The number of amides is 1. The summed E-state index contributed by atoms with van der Waals surface area (Å²) in [7, 11) is -3.87. The summed E-state index contributed by atoms with van der Waals surface area (Å²) in [5, 5.41) is 2.92. The van der Waals surface area contributed by atoms with Gasteiger partial charge in [-0.3, -0.25) is 4.79 Å². The van der Waals surface area contributed by atoms with E-state index in [1.54, 1.807) is 13.0 Å². The first-order valence-electron chi connectivity index (χ1n) is 8.57. The highest BCUT2D eigenvalue weighted by Gasteiger charge is 2.26. The quantitative estimate of drug-likeness (QED) is 0.720. The van der Waals surface area contributed by atoms with Crippen molar-refractivity contribution in [3.8, 4) is 5.75 Å². The zero-order chi connectivity index (χ0) is 20.0. The van der Waals surface area contributed by atoms with Crippen LogP contribution < -0.4 is 10.1 Å². The number of carbonyl (C=O) groups is 1. The average Bonchev–Trinajstić information content (AvgIpc) is 2.61. The monoisotopic (exact) mass is 410 g/mol. The molecule has 0 unspecified atom stereocenters. The molecule has 0 bridgehead atoms. The number of hydrogen-bond donors (Lipinski definition) is 1. The molecule has 2 aromatic rings. The van der Waals surface area contributed by atoms with Crippen molar-refractivity contribution in [2.45, 2.75) is 25.7 Å². The fraction of sp³-hybridized carbons (Fsp3) is 0.316. The lowest BCUT2D eigenvalue weighted by Crippen LogP contribution is -2.37. The van der Waals surface area contributed by atoms with Crippen molar-refractivity contribution in [1.29, 1.82) is 0 Å². The van der Waals surface area contributed by atoms with Gasteiger partial charge in [0.05, 0.1) is 23.1 Å². The molecular weight excluding hydrogens is 388 g/mol. The minimum atomic E-state index is -3.87. The summed E-state index contributed by atoms with van der Waals surface area (Å²) in [5.41, 5.74) is 1.62. The second-order valence-electron chi connectivity index (χ2n) is 5.87. The number of hydrogen-bond acceptors (Lipinski definition) is 4. The highest BCUT2D eigenvalue weighted by atomic mass is 35.5. The van der Waals surface area contributed by atoms with E-state index in [2.05, 4.69) is 5.32 Å². The topological polar surface area (TPSA) is 75.7 Å². The van der Waals surface area contributed by atoms with Crippen LogP contribution in [0.1, 0.15) is 19.4 Å². The lowest BCUT2D eigenvalue weighted by molar-refractivity contribution is -0.116. The summed E-state index contributed by atoms with van der Waals surface area (Å²) in [6, 6.07) is 11.6. The Kier molecular flexibility index (Phi) is 7.24. The van der Waals surface area contributed by atoms with Gasteiger partial charge in [-0.2, -0.15) is 4.31 Å². The maximum atomic E-state index is 12.9. The molecule has 0 aliphatic heterocycles. The van der Waals surface area contributed by atoms with Gasteiger partial charge in [0.2, 0.25) is 15.9 Å². The van der Waals surface area contributed by atoms with Crippen LogP contribution in [0.4, 0.5) is 5.69 Å². The molecule has 0 radical (unpaired) electrons. The van der Waals surface area contributed by atoms with E-state index >= 15 is 0 Å². The van der Waals surface area contributed by atoms with Crippen LogP contribution in [0.3, 0.4) is 0 Å². The number of rotatable bonds is 8. The van der Waals surface area contributed by atoms with E-state index in [-0.39, 0.29) is 23.0 Å². The van der Waals surface area contributed by atoms with Crippen LogP contribution >= 0.6 is 11.6 Å². The molecule has 0 aliphatic rings. The van der Waals surface area contributed by atoms with Crippen molar-refractivity contribution in [3.63, 3.8) is 0 Å². The summed E-state index contributed by atoms with van der Waals surface area (Å²) in [6.07, 6.45) is 0. The zero-order valence-electron chi connectivity index (χ0n) is 15.5. The highest BCUT2D eigenvalue weighted by Crippen LogP contribution is 2.28. The Morgan fingerprint density at radius 3 is 2.52 bits per heavy atom. The van der Waals surface area contributed by atoms with E-state index < -0.39 is 15.9 Å². The second-order valence-corrected chi connectivity index (χ2v) is 8.22. The molecule has 6 nitrogen and oxygen atoms in total. The van der Waals surface area contributed by atoms with Crippen LogP contribution in [0.5, 0.6) is 5.75 Å². The first kappa shape index (κ1) is 21.2. The molecule has 0 aromatic heterocycles. The maximum absolute atomic E-state index is 12.9. The van der Waals surface area contributed by atoms with Crippen LogP contribution in [0, 0.1) is 6.92 Å². The molecule has 0 atom stereocenters. The average molecular weight is 411 g/mol. The van der Waals surface area contributed by atoms with Crippen molar-refractivity contribution < 1.29 is 17.9 Å². The third kappa shape index (κ3) is 5.45. The fourth-order valence-corrected chi connectivity index (χ4v) is 4.25. The van der Waals surface area contributed by atoms with Gasteiger partial charge in [0.25, 0.3) is 0 Å². The van der Waals surface area contributed by atoms with Gasteiger partial charge < -0.3 is 10.1 Å². The van der Waals surface area contributed by atoms with E-state index in [9.17, 15) is 13.2 Å². The van der Waals surface area contributed by atoms with Crippen molar-refractivity contribution in [1.82, 2.24) is 4.31 Å². The van der Waals surface area contributed by atoms with Gasteiger partial charge in [-0.1, -0.05) is 30.7 Å². The molecule has 0 heterocycles. The van der Waals surface area contributed by atoms with Gasteiger partial charge in [0.1, 0.15) is 5.75 Å². The maximum Gasteiger partial charge on any atom is 0.243 e. The zero-order valence-corrected chi connectivity index (χ0v) is 17.1. The van der Waals surface area contributed by atoms with Crippen LogP contribution in [0.25, 0.3) is 0 Å². The van der Waals surface area contributed by atoms with Crippen molar-refractivity contribution in [2.75, 3.05) is 25.0 Å². The van der Waals surface area contributed by atoms with Gasteiger partial charge in [0, 0.05) is 12.2 Å². The predicted molar refractivity (Wildman–Crippen MR) is 107 cm³/mol. The molecule has 0 spiro atoms. The molecule has 2 rings (SSSR count). The van der Waals surface area contributed by atoms with Crippen LogP contribution in [0.15, 0.2) is 47.4 Å². The van der Waals surface area contributed by atoms with E-state index in [1.807, 2.05) is 32.0 Å².